The van der Waals surface area contributed by atoms with Crippen LogP contribution in [-0.2, 0) is 9.53 Å². The van der Waals surface area contributed by atoms with Gasteiger partial charge in [0.25, 0.3) is 0 Å². The number of halogens is 1. The summed E-state index contributed by atoms with van der Waals surface area (Å²) < 4.78 is 17.1. The molecule has 1 N–H and O–H groups in total. The van der Waals surface area contributed by atoms with E-state index in [1.165, 1.54) is 24.5 Å². The van der Waals surface area contributed by atoms with E-state index in [2.05, 4.69) is 21.2 Å². The van der Waals surface area contributed by atoms with Crippen molar-refractivity contribution in [3.05, 3.63) is 69.0 Å². The molecular weight excluding hydrogens is 518 g/mol. The van der Waals surface area contributed by atoms with E-state index < -0.39 is 5.97 Å². The van der Waals surface area contributed by atoms with E-state index in [0.29, 0.717) is 22.1 Å². The molecule has 6 nitrogen and oxygen atoms in total. The lowest BCUT2D eigenvalue weighted by Gasteiger charge is -2.13. The van der Waals surface area contributed by atoms with Gasteiger partial charge in [0, 0.05) is 21.0 Å². The fourth-order valence-corrected chi connectivity index (χ4v) is 4.69. The molecule has 0 aliphatic carbocycles. The first-order chi connectivity index (χ1) is 16.2. The minimum absolute atomic E-state index is 0.0154. The molecule has 0 unspecified atom stereocenters. The van der Waals surface area contributed by atoms with Gasteiger partial charge in [-0.25, -0.2) is 4.79 Å². The molecule has 0 saturated carbocycles. The van der Waals surface area contributed by atoms with Gasteiger partial charge in [-0.2, -0.15) is 0 Å². The number of rotatable bonds is 8. The van der Waals surface area contributed by atoms with Crippen LogP contribution in [0.4, 0.5) is 5.00 Å². The van der Waals surface area contributed by atoms with Gasteiger partial charge in [0.1, 0.15) is 10.6 Å². The van der Waals surface area contributed by atoms with Gasteiger partial charge in [0.2, 0.25) is 5.91 Å². The number of carbonyl (C=O) groups is 2. The maximum Gasteiger partial charge on any atom is 0.341 e. The zero-order valence-electron chi connectivity index (χ0n) is 19.6. The molecule has 1 amide bonds. The molecule has 0 bridgehead atoms. The molecule has 1 aromatic heterocycles. The van der Waals surface area contributed by atoms with Crippen molar-refractivity contribution in [2.45, 2.75) is 26.9 Å². The summed E-state index contributed by atoms with van der Waals surface area (Å²) in [7, 11) is 2.89. The fourth-order valence-electron chi connectivity index (χ4n) is 3.36. The first kappa shape index (κ1) is 25.5. The maximum atomic E-state index is 12.7. The fraction of sp³-hybridized carbons (Fsp3) is 0.231. The van der Waals surface area contributed by atoms with E-state index in [1.807, 2.05) is 51.1 Å². The minimum atomic E-state index is -0.507. The van der Waals surface area contributed by atoms with E-state index in [9.17, 15) is 9.59 Å². The van der Waals surface area contributed by atoms with Crippen LogP contribution < -0.4 is 14.8 Å². The standard InChI is InChI=1S/C26H26BrNO5S/c1-15(2)33-20-12-6-17(14-21(20)31-4)7-13-22(29)28-25-24(26(30)32-5)23(16(3)34-25)18-8-10-19(27)11-9-18/h6-15H,1-5H3,(H,28,29)/b13-7+. The van der Waals surface area contributed by atoms with Crippen molar-refractivity contribution in [2.75, 3.05) is 19.5 Å². The highest BCUT2D eigenvalue weighted by Crippen LogP contribution is 2.40. The van der Waals surface area contributed by atoms with Crippen molar-refractivity contribution < 1.29 is 23.8 Å². The number of esters is 1. The first-order valence-corrected chi connectivity index (χ1v) is 12.2. The second-order valence-electron chi connectivity index (χ2n) is 7.64. The normalized spacial score (nSPS) is 11.0. The van der Waals surface area contributed by atoms with E-state index in [0.717, 1.165) is 26.0 Å². The Morgan fingerprint density at radius 2 is 1.76 bits per heavy atom. The number of carbonyl (C=O) groups excluding carboxylic acids is 2. The van der Waals surface area contributed by atoms with Crippen LogP contribution in [0.5, 0.6) is 11.5 Å². The monoisotopic (exact) mass is 543 g/mol. The Morgan fingerprint density at radius 3 is 2.38 bits per heavy atom. The van der Waals surface area contributed by atoms with Gasteiger partial charge < -0.3 is 19.5 Å². The lowest BCUT2D eigenvalue weighted by molar-refractivity contribution is -0.111. The summed E-state index contributed by atoms with van der Waals surface area (Å²) in [6.45, 7) is 5.79. The number of benzene rings is 2. The predicted octanol–water partition coefficient (Wildman–Crippen LogP) is 6.72. The van der Waals surface area contributed by atoms with Crippen LogP contribution in [0.2, 0.25) is 0 Å². The predicted molar refractivity (Wildman–Crippen MR) is 140 cm³/mol. The largest absolute Gasteiger partial charge is 0.493 e. The number of anilines is 1. The number of amides is 1. The molecule has 0 spiro atoms. The second kappa shape index (κ2) is 11.4. The Kier molecular flexibility index (Phi) is 8.52. The van der Waals surface area contributed by atoms with Crippen molar-refractivity contribution in [2.24, 2.45) is 0 Å². The molecule has 0 radical (unpaired) electrons. The average Bonchev–Trinajstić information content (AvgIpc) is 3.13. The van der Waals surface area contributed by atoms with Crippen LogP contribution in [0.15, 0.2) is 53.0 Å². The molecule has 2 aromatic carbocycles. The minimum Gasteiger partial charge on any atom is -0.493 e. The molecule has 3 rings (SSSR count). The number of aryl methyl sites for hydroxylation is 1. The van der Waals surface area contributed by atoms with Crippen LogP contribution >= 0.6 is 27.3 Å². The molecule has 0 aliphatic heterocycles. The van der Waals surface area contributed by atoms with Crippen molar-refractivity contribution >= 4 is 50.2 Å². The van der Waals surface area contributed by atoms with Crippen molar-refractivity contribution in [3.8, 4) is 22.6 Å². The Balaban J connectivity index is 1.86. The number of hydrogen-bond acceptors (Lipinski definition) is 6. The Bertz CT molecular complexity index is 1210. The summed E-state index contributed by atoms with van der Waals surface area (Å²) in [6, 6.07) is 13.1. The Hall–Kier alpha value is -3.10. The zero-order valence-corrected chi connectivity index (χ0v) is 22.0. The summed E-state index contributed by atoms with van der Waals surface area (Å²) in [5.41, 5.74) is 2.72. The number of nitrogens with one attached hydrogen (secondary N) is 1. The summed E-state index contributed by atoms with van der Waals surface area (Å²) in [6.07, 6.45) is 3.10. The van der Waals surface area contributed by atoms with E-state index in [4.69, 9.17) is 14.2 Å². The topological polar surface area (TPSA) is 73.9 Å². The number of thiophene rings is 1. The molecule has 0 fully saturated rings. The van der Waals surface area contributed by atoms with Crippen molar-refractivity contribution in [3.63, 3.8) is 0 Å². The van der Waals surface area contributed by atoms with E-state index in [-0.39, 0.29) is 12.0 Å². The lowest BCUT2D eigenvalue weighted by Crippen LogP contribution is -2.11. The highest BCUT2D eigenvalue weighted by atomic mass is 79.9. The number of hydrogen-bond donors (Lipinski definition) is 1. The molecule has 0 saturated heterocycles. The van der Waals surface area contributed by atoms with Crippen molar-refractivity contribution in [1.82, 2.24) is 0 Å². The number of methoxy groups -OCH3 is 2. The van der Waals surface area contributed by atoms with Crippen molar-refractivity contribution in [1.29, 1.82) is 0 Å². The van der Waals surface area contributed by atoms with E-state index in [1.54, 1.807) is 25.3 Å². The molecule has 34 heavy (non-hydrogen) atoms. The van der Waals surface area contributed by atoms with Crippen LogP contribution in [0, 0.1) is 6.92 Å². The molecule has 3 aromatic rings. The molecule has 0 aliphatic rings. The van der Waals surface area contributed by atoms with Gasteiger partial charge in [-0.3, -0.25) is 4.79 Å². The van der Waals surface area contributed by atoms with E-state index >= 15 is 0 Å². The molecular formula is C26H26BrNO5S. The van der Waals surface area contributed by atoms with Gasteiger partial charge in [0.15, 0.2) is 11.5 Å². The van der Waals surface area contributed by atoms with Crippen LogP contribution in [0.1, 0.15) is 34.6 Å². The highest BCUT2D eigenvalue weighted by molar-refractivity contribution is 9.10. The summed E-state index contributed by atoms with van der Waals surface area (Å²) in [5, 5.41) is 3.27. The highest BCUT2D eigenvalue weighted by Gasteiger charge is 2.24. The van der Waals surface area contributed by atoms with Crippen LogP contribution in [-0.4, -0.2) is 32.2 Å². The third-order valence-corrected chi connectivity index (χ3v) is 6.37. The summed E-state index contributed by atoms with van der Waals surface area (Å²) >= 11 is 4.76. The molecule has 8 heteroatoms. The van der Waals surface area contributed by atoms with Gasteiger partial charge in [-0.05, 0) is 62.2 Å². The maximum absolute atomic E-state index is 12.7. The third kappa shape index (κ3) is 6.07. The van der Waals surface area contributed by atoms with Crippen LogP contribution in [0.3, 0.4) is 0 Å². The smallest absolute Gasteiger partial charge is 0.341 e. The SMILES string of the molecule is COC(=O)c1c(NC(=O)/C=C/c2ccc(OC(C)C)c(OC)c2)sc(C)c1-c1ccc(Br)cc1. The molecule has 178 valence electrons. The van der Waals surface area contributed by atoms with Gasteiger partial charge in [-0.1, -0.05) is 34.1 Å². The van der Waals surface area contributed by atoms with Gasteiger partial charge in [-0.15, -0.1) is 11.3 Å². The Morgan fingerprint density at radius 1 is 1.06 bits per heavy atom. The quantitative estimate of drug-likeness (QED) is 0.252. The van der Waals surface area contributed by atoms with Gasteiger partial charge in [0.05, 0.1) is 20.3 Å². The molecule has 0 atom stereocenters. The third-order valence-electron chi connectivity index (χ3n) is 4.82. The first-order valence-electron chi connectivity index (χ1n) is 10.5. The summed E-state index contributed by atoms with van der Waals surface area (Å²) in [5.74, 6) is 0.343. The Labute approximate surface area is 211 Å². The zero-order chi connectivity index (χ0) is 24.8. The van der Waals surface area contributed by atoms with Crippen LogP contribution in [0.25, 0.3) is 17.2 Å². The second-order valence-corrected chi connectivity index (χ2v) is 9.78. The molecule has 1 heterocycles. The van der Waals surface area contributed by atoms with Gasteiger partial charge >= 0.3 is 5.97 Å². The number of ether oxygens (including phenoxy) is 3. The summed E-state index contributed by atoms with van der Waals surface area (Å²) in [4.78, 5) is 26.2. The lowest BCUT2D eigenvalue weighted by atomic mass is 10.0. The average molecular weight is 544 g/mol.